The minimum absolute atomic E-state index is 0.753. The number of nitrogens with zero attached hydrogens (tertiary/aromatic N) is 1. The molecule has 0 fully saturated rings. The van der Waals surface area contributed by atoms with E-state index in [1.165, 1.54) is 16.7 Å². The summed E-state index contributed by atoms with van der Waals surface area (Å²) in [6.45, 7) is 4.29. The zero-order valence-electron chi connectivity index (χ0n) is 10.1. The molecular formula is C14H16N2S. The van der Waals surface area contributed by atoms with Gasteiger partial charge in [0.1, 0.15) is 5.03 Å². The van der Waals surface area contributed by atoms with Gasteiger partial charge in [-0.2, -0.15) is 0 Å². The lowest BCUT2D eigenvalue weighted by Crippen LogP contribution is -1.94. The molecule has 0 saturated heterocycles. The van der Waals surface area contributed by atoms with Crippen molar-refractivity contribution in [3.63, 3.8) is 0 Å². The first-order valence-corrected chi connectivity index (χ1v) is 6.55. The van der Waals surface area contributed by atoms with Crippen LogP contribution in [0.1, 0.15) is 16.7 Å². The molecule has 17 heavy (non-hydrogen) atoms. The molecule has 2 N–H and O–H groups in total. The van der Waals surface area contributed by atoms with E-state index in [0.717, 1.165) is 16.5 Å². The molecular weight excluding hydrogens is 228 g/mol. The molecule has 0 aliphatic heterocycles. The van der Waals surface area contributed by atoms with Crippen LogP contribution in [0.4, 0.5) is 5.69 Å². The van der Waals surface area contributed by atoms with Crippen molar-refractivity contribution in [2.75, 3.05) is 5.73 Å². The van der Waals surface area contributed by atoms with Gasteiger partial charge < -0.3 is 5.73 Å². The zero-order chi connectivity index (χ0) is 12.3. The van der Waals surface area contributed by atoms with Crippen molar-refractivity contribution in [1.29, 1.82) is 0 Å². The molecule has 1 aromatic carbocycles. The second kappa shape index (κ2) is 5.23. The first-order valence-electron chi connectivity index (χ1n) is 5.57. The number of aromatic nitrogens is 1. The van der Waals surface area contributed by atoms with Crippen LogP contribution in [0.5, 0.6) is 0 Å². The summed E-state index contributed by atoms with van der Waals surface area (Å²) in [4.78, 5) is 4.29. The maximum Gasteiger partial charge on any atom is 0.119 e. The summed E-state index contributed by atoms with van der Waals surface area (Å²) in [5, 5.41) is 0.912. The van der Waals surface area contributed by atoms with Crippen LogP contribution in [0.15, 0.2) is 41.6 Å². The number of thioether (sulfide) groups is 1. The fourth-order valence-electron chi connectivity index (χ4n) is 1.74. The summed E-state index contributed by atoms with van der Waals surface area (Å²) < 4.78 is 0. The van der Waals surface area contributed by atoms with E-state index in [2.05, 4.69) is 37.0 Å². The zero-order valence-corrected chi connectivity index (χ0v) is 10.9. The van der Waals surface area contributed by atoms with Gasteiger partial charge in [0.15, 0.2) is 0 Å². The Morgan fingerprint density at radius 2 is 1.82 bits per heavy atom. The minimum atomic E-state index is 0.753. The van der Waals surface area contributed by atoms with Gasteiger partial charge in [-0.3, -0.25) is 0 Å². The summed E-state index contributed by atoms with van der Waals surface area (Å²) in [5.74, 6) is 0.916. The molecule has 1 heterocycles. The van der Waals surface area contributed by atoms with E-state index in [9.17, 15) is 0 Å². The molecule has 0 saturated carbocycles. The lowest BCUT2D eigenvalue weighted by molar-refractivity contribution is 1.13. The van der Waals surface area contributed by atoms with Crippen LogP contribution in [0, 0.1) is 13.8 Å². The van der Waals surface area contributed by atoms with Crippen LogP contribution in [0.25, 0.3) is 0 Å². The fraction of sp³-hybridized carbons (Fsp3) is 0.214. The van der Waals surface area contributed by atoms with Crippen LogP contribution in [-0.4, -0.2) is 4.98 Å². The van der Waals surface area contributed by atoms with E-state index in [4.69, 9.17) is 5.73 Å². The number of hydrogen-bond donors (Lipinski definition) is 1. The van der Waals surface area contributed by atoms with Gasteiger partial charge in [0, 0.05) is 11.9 Å². The van der Waals surface area contributed by atoms with E-state index in [1.807, 2.05) is 12.1 Å². The molecule has 2 rings (SSSR count). The van der Waals surface area contributed by atoms with Crippen molar-refractivity contribution in [2.45, 2.75) is 24.6 Å². The summed E-state index contributed by atoms with van der Waals surface area (Å²) in [5.41, 5.74) is 10.7. The monoisotopic (exact) mass is 244 g/mol. The Bertz CT molecular complexity index is 503. The van der Waals surface area contributed by atoms with E-state index in [-0.39, 0.29) is 0 Å². The van der Waals surface area contributed by atoms with Crippen LogP contribution in [-0.2, 0) is 5.75 Å². The normalized spacial score (nSPS) is 10.5. The van der Waals surface area contributed by atoms with Gasteiger partial charge in [-0.05, 0) is 42.7 Å². The van der Waals surface area contributed by atoms with Crippen molar-refractivity contribution in [3.8, 4) is 0 Å². The van der Waals surface area contributed by atoms with Gasteiger partial charge in [-0.25, -0.2) is 4.98 Å². The van der Waals surface area contributed by atoms with E-state index < -0.39 is 0 Å². The molecule has 3 heteroatoms. The Labute approximate surface area is 106 Å². The molecule has 0 bridgehead atoms. The predicted octanol–water partition coefficient (Wildman–Crippen LogP) is 3.57. The lowest BCUT2D eigenvalue weighted by atomic mass is 10.1. The molecule has 0 atom stereocenters. The number of anilines is 1. The minimum Gasteiger partial charge on any atom is -0.397 e. The van der Waals surface area contributed by atoms with E-state index in [0.29, 0.717) is 0 Å². The summed E-state index contributed by atoms with van der Waals surface area (Å²) in [6.07, 6.45) is 1.78. The average molecular weight is 244 g/mol. The lowest BCUT2D eigenvalue weighted by Gasteiger charge is -2.09. The van der Waals surface area contributed by atoms with Gasteiger partial charge >= 0.3 is 0 Å². The number of pyridine rings is 1. The Balaban J connectivity index is 2.16. The number of benzene rings is 1. The number of aryl methyl sites for hydroxylation is 2. The highest BCUT2D eigenvalue weighted by molar-refractivity contribution is 7.98. The highest BCUT2D eigenvalue weighted by Gasteiger charge is 2.05. The van der Waals surface area contributed by atoms with Crippen molar-refractivity contribution in [2.24, 2.45) is 0 Å². The average Bonchev–Trinajstić information content (AvgIpc) is 2.30. The molecule has 0 aliphatic carbocycles. The molecule has 1 aromatic heterocycles. The maximum absolute atomic E-state index is 5.88. The Morgan fingerprint density at radius 1 is 1.12 bits per heavy atom. The van der Waals surface area contributed by atoms with Crippen molar-refractivity contribution < 1.29 is 0 Å². The Hall–Kier alpha value is -1.48. The van der Waals surface area contributed by atoms with Crippen molar-refractivity contribution in [1.82, 2.24) is 4.98 Å². The summed E-state index contributed by atoms with van der Waals surface area (Å²) in [7, 11) is 0. The summed E-state index contributed by atoms with van der Waals surface area (Å²) >= 11 is 1.69. The van der Waals surface area contributed by atoms with Gasteiger partial charge in [-0.1, -0.05) is 30.0 Å². The molecule has 2 aromatic rings. The highest BCUT2D eigenvalue weighted by atomic mass is 32.2. The van der Waals surface area contributed by atoms with Gasteiger partial charge in [0.2, 0.25) is 0 Å². The van der Waals surface area contributed by atoms with E-state index >= 15 is 0 Å². The van der Waals surface area contributed by atoms with Crippen LogP contribution < -0.4 is 5.73 Å². The van der Waals surface area contributed by atoms with Crippen LogP contribution in [0.3, 0.4) is 0 Å². The van der Waals surface area contributed by atoms with Gasteiger partial charge in [-0.15, -0.1) is 0 Å². The largest absolute Gasteiger partial charge is 0.397 e. The molecule has 2 nitrogen and oxygen atoms in total. The van der Waals surface area contributed by atoms with Crippen LogP contribution in [0.2, 0.25) is 0 Å². The SMILES string of the molecule is Cc1cccc(C)c1CSc1ncccc1N. The smallest absolute Gasteiger partial charge is 0.119 e. The Morgan fingerprint density at radius 3 is 2.47 bits per heavy atom. The third-order valence-electron chi connectivity index (χ3n) is 2.80. The summed E-state index contributed by atoms with van der Waals surface area (Å²) in [6, 6.07) is 10.1. The molecule has 0 aliphatic rings. The highest BCUT2D eigenvalue weighted by Crippen LogP contribution is 2.28. The molecule has 0 unspecified atom stereocenters. The van der Waals surface area contributed by atoms with Crippen LogP contribution >= 0.6 is 11.8 Å². The van der Waals surface area contributed by atoms with Gasteiger partial charge in [0.05, 0.1) is 5.69 Å². The quantitative estimate of drug-likeness (QED) is 0.839. The Kier molecular flexibility index (Phi) is 3.69. The van der Waals surface area contributed by atoms with Crippen molar-refractivity contribution >= 4 is 17.4 Å². The second-order valence-electron chi connectivity index (χ2n) is 4.06. The fourth-order valence-corrected chi connectivity index (χ4v) is 2.85. The number of hydrogen-bond acceptors (Lipinski definition) is 3. The maximum atomic E-state index is 5.88. The first-order chi connectivity index (χ1) is 8.18. The standard InChI is InChI=1S/C14H16N2S/c1-10-5-3-6-11(2)12(10)9-17-14-13(15)7-4-8-16-14/h3-8H,9,15H2,1-2H3. The van der Waals surface area contributed by atoms with E-state index in [1.54, 1.807) is 18.0 Å². The number of nitrogens with two attached hydrogens (primary N) is 1. The number of nitrogen functional groups attached to an aromatic ring is 1. The number of rotatable bonds is 3. The van der Waals surface area contributed by atoms with Gasteiger partial charge in [0.25, 0.3) is 0 Å². The first kappa shape index (κ1) is 12.0. The predicted molar refractivity (Wildman–Crippen MR) is 74.1 cm³/mol. The third-order valence-corrected chi connectivity index (χ3v) is 3.85. The molecule has 0 radical (unpaired) electrons. The van der Waals surface area contributed by atoms with Crippen molar-refractivity contribution in [3.05, 3.63) is 53.2 Å². The second-order valence-corrected chi connectivity index (χ2v) is 5.02. The third kappa shape index (κ3) is 2.80. The molecule has 88 valence electrons. The molecule has 0 spiro atoms. The molecule has 0 amide bonds. The topological polar surface area (TPSA) is 38.9 Å².